The van der Waals surface area contributed by atoms with Crippen molar-refractivity contribution in [3.63, 3.8) is 0 Å². The standard InChI is InChI=1S/C24H19FN2O4/c1-30-22-10-5-17(23(13-22)31-15-16-3-2-4-19(25)11-16)12-18(14-26)24(29)27-20-6-8-21(28)9-7-20/h2-13,28H,15H2,1H3,(H,27,29)/b18-12+. The van der Waals surface area contributed by atoms with Crippen molar-refractivity contribution in [2.75, 3.05) is 12.4 Å². The Morgan fingerprint density at radius 1 is 1.16 bits per heavy atom. The lowest BCUT2D eigenvalue weighted by molar-refractivity contribution is -0.112. The minimum absolute atomic E-state index is 0.0624. The highest BCUT2D eigenvalue weighted by molar-refractivity contribution is 6.09. The molecule has 0 bridgehead atoms. The minimum Gasteiger partial charge on any atom is -0.508 e. The first kappa shape index (κ1) is 21.4. The lowest BCUT2D eigenvalue weighted by atomic mass is 10.1. The van der Waals surface area contributed by atoms with Gasteiger partial charge in [-0.1, -0.05) is 12.1 Å². The number of phenolic OH excluding ortho intramolecular Hbond substituents is 1. The Morgan fingerprint density at radius 2 is 1.94 bits per heavy atom. The van der Waals surface area contributed by atoms with E-state index in [2.05, 4.69) is 5.32 Å². The number of benzene rings is 3. The first-order valence-electron chi connectivity index (χ1n) is 9.26. The van der Waals surface area contributed by atoms with Crippen molar-refractivity contribution in [1.29, 1.82) is 5.26 Å². The van der Waals surface area contributed by atoms with Crippen molar-refractivity contribution >= 4 is 17.7 Å². The van der Waals surface area contributed by atoms with Crippen molar-refractivity contribution < 1.29 is 23.8 Å². The molecule has 2 N–H and O–H groups in total. The first-order chi connectivity index (χ1) is 15.0. The van der Waals surface area contributed by atoms with E-state index in [0.717, 1.165) is 0 Å². The molecular formula is C24H19FN2O4. The summed E-state index contributed by atoms with van der Waals surface area (Å²) in [5.41, 5.74) is 1.40. The van der Waals surface area contributed by atoms with Gasteiger partial charge in [-0.05, 0) is 60.2 Å². The maximum absolute atomic E-state index is 13.4. The molecule has 0 saturated carbocycles. The van der Waals surface area contributed by atoms with Crippen LogP contribution in [-0.4, -0.2) is 18.1 Å². The zero-order chi connectivity index (χ0) is 22.2. The summed E-state index contributed by atoms with van der Waals surface area (Å²) in [6.45, 7) is 0.0906. The van der Waals surface area contributed by atoms with E-state index in [4.69, 9.17) is 9.47 Å². The van der Waals surface area contributed by atoms with Gasteiger partial charge in [-0.3, -0.25) is 4.79 Å². The third-order valence-corrected chi connectivity index (χ3v) is 4.29. The van der Waals surface area contributed by atoms with Gasteiger partial charge < -0.3 is 19.9 Å². The number of nitrogens with one attached hydrogen (secondary N) is 1. The van der Waals surface area contributed by atoms with Crippen LogP contribution in [0.1, 0.15) is 11.1 Å². The second-order valence-electron chi connectivity index (χ2n) is 6.49. The number of rotatable bonds is 7. The second kappa shape index (κ2) is 9.94. The average Bonchev–Trinajstić information content (AvgIpc) is 2.78. The molecule has 0 heterocycles. The monoisotopic (exact) mass is 418 g/mol. The second-order valence-corrected chi connectivity index (χ2v) is 6.49. The molecule has 3 rings (SSSR count). The van der Waals surface area contributed by atoms with Crippen molar-refractivity contribution in [2.24, 2.45) is 0 Å². The molecule has 0 atom stereocenters. The third-order valence-electron chi connectivity index (χ3n) is 4.29. The molecule has 0 aliphatic carbocycles. The van der Waals surface area contributed by atoms with E-state index in [-0.39, 0.29) is 23.7 Å². The SMILES string of the molecule is COc1ccc(/C=C(\C#N)C(=O)Nc2ccc(O)cc2)c(OCc2cccc(F)c2)c1. The number of aromatic hydroxyl groups is 1. The smallest absolute Gasteiger partial charge is 0.266 e. The van der Waals surface area contributed by atoms with E-state index >= 15 is 0 Å². The van der Waals surface area contributed by atoms with E-state index in [1.54, 1.807) is 30.3 Å². The van der Waals surface area contributed by atoms with Gasteiger partial charge in [-0.15, -0.1) is 0 Å². The maximum atomic E-state index is 13.4. The summed E-state index contributed by atoms with van der Waals surface area (Å²) in [4.78, 5) is 12.5. The largest absolute Gasteiger partial charge is 0.508 e. The van der Waals surface area contributed by atoms with Crippen molar-refractivity contribution in [3.8, 4) is 23.3 Å². The highest BCUT2D eigenvalue weighted by Crippen LogP contribution is 2.28. The van der Waals surface area contributed by atoms with Gasteiger partial charge in [0.2, 0.25) is 0 Å². The number of methoxy groups -OCH3 is 1. The first-order valence-corrected chi connectivity index (χ1v) is 9.26. The van der Waals surface area contributed by atoms with Crippen LogP contribution in [0.5, 0.6) is 17.2 Å². The van der Waals surface area contributed by atoms with Crippen LogP contribution in [0, 0.1) is 17.1 Å². The fourth-order valence-electron chi connectivity index (χ4n) is 2.72. The third kappa shape index (κ3) is 5.84. The lowest BCUT2D eigenvalue weighted by Gasteiger charge is -2.12. The normalized spacial score (nSPS) is 10.8. The topological polar surface area (TPSA) is 91.6 Å². The molecule has 0 aliphatic rings. The molecule has 0 aliphatic heterocycles. The highest BCUT2D eigenvalue weighted by atomic mass is 19.1. The Morgan fingerprint density at radius 3 is 2.61 bits per heavy atom. The van der Waals surface area contributed by atoms with E-state index < -0.39 is 5.91 Å². The summed E-state index contributed by atoms with van der Waals surface area (Å²) in [7, 11) is 1.51. The van der Waals surface area contributed by atoms with Crippen LogP contribution in [0.15, 0.2) is 72.3 Å². The van der Waals surface area contributed by atoms with E-state index in [1.165, 1.54) is 49.6 Å². The highest BCUT2D eigenvalue weighted by Gasteiger charge is 2.13. The summed E-state index contributed by atoms with van der Waals surface area (Å²) >= 11 is 0. The Labute approximate surface area is 178 Å². The van der Waals surface area contributed by atoms with Gasteiger partial charge in [0.15, 0.2) is 0 Å². The van der Waals surface area contributed by atoms with E-state index in [9.17, 15) is 19.6 Å². The molecule has 156 valence electrons. The lowest BCUT2D eigenvalue weighted by Crippen LogP contribution is -2.13. The number of hydrogen-bond acceptors (Lipinski definition) is 5. The number of carbonyl (C=O) groups excluding carboxylic acids is 1. The van der Waals surface area contributed by atoms with Crippen LogP contribution >= 0.6 is 0 Å². The quantitative estimate of drug-likeness (QED) is 0.331. The number of ether oxygens (including phenoxy) is 2. The van der Waals surface area contributed by atoms with Crippen LogP contribution in [0.2, 0.25) is 0 Å². The summed E-state index contributed by atoms with van der Waals surface area (Å²) < 4.78 is 24.5. The van der Waals surface area contributed by atoms with Gasteiger partial charge in [0.25, 0.3) is 5.91 Å². The van der Waals surface area contributed by atoms with Crippen LogP contribution in [-0.2, 0) is 11.4 Å². The summed E-state index contributed by atoms with van der Waals surface area (Å²) in [6.07, 6.45) is 1.40. The zero-order valence-electron chi connectivity index (χ0n) is 16.6. The number of phenols is 1. The Bertz CT molecular complexity index is 1150. The summed E-state index contributed by atoms with van der Waals surface area (Å²) in [5, 5.41) is 21.4. The minimum atomic E-state index is -0.611. The molecular weight excluding hydrogens is 399 g/mol. The van der Waals surface area contributed by atoms with E-state index in [1.807, 2.05) is 6.07 Å². The Kier molecular flexibility index (Phi) is 6.86. The zero-order valence-corrected chi connectivity index (χ0v) is 16.6. The number of amides is 1. The van der Waals surface area contributed by atoms with Gasteiger partial charge in [0.05, 0.1) is 7.11 Å². The molecule has 6 nitrogen and oxygen atoms in total. The average molecular weight is 418 g/mol. The molecule has 3 aromatic carbocycles. The van der Waals surface area contributed by atoms with Crippen LogP contribution < -0.4 is 14.8 Å². The number of nitrogens with zero attached hydrogens (tertiary/aromatic N) is 1. The molecule has 3 aromatic rings. The van der Waals surface area contributed by atoms with Gasteiger partial charge in [0.1, 0.15) is 41.3 Å². The number of anilines is 1. The van der Waals surface area contributed by atoms with Crippen LogP contribution in [0.25, 0.3) is 6.08 Å². The van der Waals surface area contributed by atoms with Crippen molar-refractivity contribution in [3.05, 3.63) is 89.2 Å². The fraction of sp³-hybridized carbons (Fsp3) is 0.0833. The van der Waals surface area contributed by atoms with Crippen LogP contribution in [0.4, 0.5) is 10.1 Å². The molecule has 1 amide bonds. The number of halogens is 1. The Balaban J connectivity index is 1.85. The van der Waals surface area contributed by atoms with Crippen molar-refractivity contribution in [1.82, 2.24) is 0 Å². The number of nitriles is 1. The molecule has 0 saturated heterocycles. The van der Waals surface area contributed by atoms with Gasteiger partial charge >= 0.3 is 0 Å². The predicted molar refractivity (Wildman–Crippen MR) is 114 cm³/mol. The number of carbonyl (C=O) groups is 1. The van der Waals surface area contributed by atoms with Gasteiger partial charge in [0, 0.05) is 17.3 Å². The molecule has 0 aromatic heterocycles. The molecule has 0 spiro atoms. The Hall–Kier alpha value is -4.31. The van der Waals surface area contributed by atoms with Gasteiger partial charge in [-0.25, -0.2) is 4.39 Å². The maximum Gasteiger partial charge on any atom is 0.266 e. The molecule has 0 unspecified atom stereocenters. The predicted octanol–water partition coefficient (Wildman–Crippen LogP) is 4.66. The molecule has 0 fully saturated rings. The van der Waals surface area contributed by atoms with Gasteiger partial charge in [-0.2, -0.15) is 5.26 Å². The number of hydrogen-bond donors (Lipinski definition) is 2. The van der Waals surface area contributed by atoms with E-state index in [0.29, 0.717) is 28.3 Å². The molecule has 7 heteroatoms. The molecule has 0 radical (unpaired) electrons. The summed E-state index contributed by atoms with van der Waals surface area (Å²) in [5.74, 6) is -0.0239. The summed E-state index contributed by atoms with van der Waals surface area (Å²) in [6, 6.07) is 18.7. The fourth-order valence-corrected chi connectivity index (χ4v) is 2.72. The van der Waals surface area contributed by atoms with Crippen molar-refractivity contribution in [2.45, 2.75) is 6.61 Å². The molecule has 31 heavy (non-hydrogen) atoms. The van der Waals surface area contributed by atoms with Crippen LogP contribution in [0.3, 0.4) is 0 Å².